The average Bonchev–Trinajstić information content (AvgIpc) is 2.77. The minimum atomic E-state index is -0.765. The molecule has 1 aliphatic heterocycles. The maximum atomic E-state index is 10.8. The van der Waals surface area contributed by atoms with Crippen LogP contribution >= 0.6 is 0 Å². The van der Waals surface area contributed by atoms with Crippen LogP contribution in [0.2, 0.25) is 0 Å². The lowest BCUT2D eigenvalue weighted by Gasteiger charge is -2.32. The number of rotatable bonds is 2. The van der Waals surface area contributed by atoms with Crippen molar-refractivity contribution in [3.8, 4) is 0 Å². The van der Waals surface area contributed by atoms with Gasteiger partial charge in [-0.15, -0.1) is 0 Å². The molecule has 2 N–H and O–H groups in total. The quantitative estimate of drug-likeness (QED) is 0.823. The summed E-state index contributed by atoms with van der Waals surface area (Å²) in [5.41, 5.74) is 4.04. The first-order valence-electron chi connectivity index (χ1n) is 6.47. The zero-order valence-corrected chi connectivity index (χ0v) is 11.3. The Hall–Kier alpha value is -0.860. The van der Waals surface area contributed by atoms with E-state index >= 15 is 0 Å². The Kier molecular flexibility index (Phi) is 3.28. The second-order valence-corrected chi connectivity index (χ2v) is 5.55. The van der Waals surface area contributed by atoms with Gasteiger partial charge in [-0.05, 0) is 69.3 Å². The highest BCUT2D eigenvalue weighted by molar-refractivity contribution is 5.40. The Balaban J connectivity index is 2.41. The molecule has 1 saturated heterocycles. The van der Waals surface area contributed by atoms with Crippen LogP contribution in [0.25, 0.3) is 0 Å². The van der Waals surface area contributed by atoms with Gasteiger partial charge in [0.2, 0.25) is 0 Å². The third kappa shape index (κ3) is 2.24. The van der Waals surface area contributed by atoms with Crippen molar-refractivity contribution in [2.24, 2.45) is 0 Å². The van der Waals surface area contributed by atoms with Crippen LogP contribution in [0.15, 0.2) is 12.1 Å². The summed E-state index contributed by atoms with van der Waals surface area (Å²) in [4.78, 5) is 0. The van der Waals surface area contributed by atoms with E-state index < -0.39 is 5.60 Å². The van der Waals surface area contributed by atoms with Gasteiger partial charge < -0.3 is 10.4 Å². The molecule has 1 fully saturated rings. The summed E-state index contributed by atoms with van der Waals surface area (Å²) in [6.07, 6.45) is 2.21. The number of hydrogen-bond donors (Lipinski definition) is 2. The van der Waals surface area contributed by atoms with Crippen molar-refractivity contribution in [2.75, 3.05) is 6.54 Å². The van der Waals surface area contributed by atoms with E-state index in [0.717, 1.165) is 24.9 Å². The Morgan fingerprint density at radius 2 is 1.82 bits per heavy atom. The lowest BCUT2D eigenvalue weighted by molar-refractivity contribution is 0.0212. The second kappa shape index (κ2) is 4.43. The van der Waals surface area contributed by atoms with Crippen LogP contribution in [0, 0.1) is 20.8 Å². The normalized spacial score (nSPS) is 23.7. The van der Waals surface area contributed by atoms with Gasteiger partial charge in [0.1, 0.15) is 5.60 Å². The van der Waals surface area contributed by atoms with Crippen molar-refractivity contribution in [3.63, 3.8) is 0 Å². The average molecular weight is 233 g/mol. The number of aliphatic hydroxyl groups is 1. The lowest BCUT2D eigenvalue weighted by Crippen LogP contribution is -2.43. The molecule has 0 aromatic heterocycles. The summed E-state index contributed by atoms with van der Waals surface area (Å²) in [5, 5.41) is 14.2. The second-order valence-electron chi connectivity index (χ2n) is 5.55. The summed E-state index contributed by atoms with van der Waals surface area (Å²) >= 11 is 0. The van der Waals surface area contributed by atoms with Gasteiger partial charge >= 0.3 is 0 Å². The smallest absolute Gasteiger partial charge is 0.102 e. The van der Waals surface area contributed by atoms with Crippen molar-refractivity contribution in [1.29, 1.82) is 0 Å². The molecule has 2 heteroatoms. The molecule has 1 aromatic carbocycles. The number of nitrogens with one attached hydrogen (secondary N) is 1. The van der Waals surface area contributed by atoms with E-state index in [-0.39, 0.29) is 6.04 Å². The van der Waals surface area contributed by atoms with Crippen molar-refractivity contribution in [2.45, 2.75) is 52.2 Å². The fourth-order valence-electron chi connectivity index (χ4n) is 2.86. The molecule has 94 valence electrons. The highest BCUT2D eigenvalue weighted by Crippen LogP contribution is 2.32. The van der Waals surface area contributed by atoms with Crippen LogP contribution in [0.4, 0.5) is 0 Å². The van der Waals surface area contributed by atoms with E-state index in [2.05, 4.69) is 38.2 Å². The fraction of sp³-hybridized carbons (Fsp3) is 0.600. The largest absolute Gasteiger partial charge is 0.384 e. The van der Waals surface area contributed by atoms with Crippen LogP contribution in [0.1, 0.15) is 42.0 Å². The Morgan fingerprint density at radius 1 is 1.18 bits per heavy atom. The molecular weight excluding hydrogens is 210 g/mol. The van der Waals surface area contributed by atoms with Crippen LogP contribution < -0.4 is 5.32 Å². The molecule has 2 atom stereocenters. The van der Waals surface area contributed by atoms with Gasteiger partial charge in [0.15, 0.2) is 0 Å². The van der Waals surface area contributed by atoms with Gasteiger partial charge in [-0.2, -0.15) is 0 Å². The first kappa shape index (κ1) is 12.6. The van der Waals surface area contributed by atoms with Crippen molar-refractivity contribution in [3.05, 3.63) is 34.4 Å². The van der Waals surface area contributed by atoms with Crippen molar-refractivity contribution < 1.29 is 5.11 Å². The number of aryl methyl sites for hydroxylation is 3. The Bertz CT molecular complexity index is 417. The first-order chi connectivity index (χ1) is 7.93. The molecular formula is C15H23NO. The Labute approximate surface area is 104 Å². The van der Waals surface area contributed by atoms with Crippen LogP contribution in [0.5, 0.6) is 0 Å². The van der Waals surface area contributed by atoms with Gasteiger partial charge in [0.25, 0.3) is 0 Å². The molecule has 0 spiro atoms. The third-order valence-corrected chi connectivity index (χ3v) is 4.12. The molecule has 2 rings (SSSR count). The number of hydrogen-bond acceptors (Lipinski definition) is 2. The number of benzene rings is 1. The molecule has 1 aromatic rings. The fourth-order valence-corrected chi connectivity index (χ4v) is 2.86. The van der Waals surface area contributed by atoms with Gasteiger partial charge in [0, 0.05) is 6.04 Å². The maximum Gasteiger partial charge on any atom is 0.102 e. The molecule has 0 saturated carbocycles. The third-order valence-electron chi connectivity index (χ3n) is 4.12. The predicted octanol–water partition coefficient (Wildman–Crippen LogP) is 2.57. The molecule has 17 heavy (non-hydrogen) atoms. The molecule has 2 unspecified atom stereocenters. The zero-order chi connectivity index (χ0) is 12.6. The van der Waals surface area contributed by atoms with E-state index in [9.17, 15) is 5.11 Å². The van der Waals surface area contributed by atoms with E-state index in [4.69, 9.17) is 0 Å². The highest BCUT2D eigenvalue weighted by Gasteiger charge is 2.36. The summed E-state index contributed by atoms with van der Waals surface area (Å²) in [6.45, 7) is 9.27. The van der Waals surface area contributed by atoms with Crippen LogP contribution in [-0.2, 0) is 5.60 Å². The van der Waals surface area contributed by atoms with E-state index in [1.54, 1.807) is 0 Å². The lowest BCUT2D eigenvalue weighted by atomic mass is 9.83. The summed E-state index contributed by atoms with van der Waals surface area (Å²) < 4.78 is 0. The topological polar surface area (TPSA) is 32.3 Å². The summed E-state index contributed by atoms with van der Waals surface area (Å²) in [5.74, 6) is 0. The standard InChI is InChI=1S/C15H23NO/c1-10-8-12(3)13(9-11(10)2)15(4,17)14-6-5-7-16-14/h8-9,14,16-17H,5-7H2,1-4H3. The van der Waals surface area contributed by atoms with Gasteiger partial charge in [-0.1, -0.05) is 12.1 Å². The highest BCUT2D eigenvalue weighted by atomic mass is 16.3. The first-order valence-corrected chi connectivity index (χ1v) is 6.47. The van der Waals surface area contributed by atoms with E-state index in [1.807, 2.05) is 6.92 Å². The predicted molar refractivity (Wildman–Crippen MR) is 71.2 cm³/mol. The van der Waals surface area contributed by atoms with E-state index in [0.29, 0.717) is 0 Å². The maximum absolute atomic E-state index is 10.8. The van der Waals surface area contributed by atoms with Gasteiger partial charge in [-0.25, -0.2) is 0 Å². The van der Waals surface area contributed by atoms with Gasteiger partial charge in [-0.3, -0.25) is 0 Å². The minimum absolute atomic E-state index is 0.184. The molecule has 0 radical (unpaired) electrons. The molecule has 2 nitrogen and oxygen atoms in total. The molecule has 1 heterocycles. The molecule has 1 aliphatic rings. The minimum Gasteiger partial charge on any atom is -0.384 e. The Morgan fingerprint density at radius 3 is 2.41 bits per heavy atom. The van der Waals surface area contributed by atoms with Crippen molar-refractivity contribution in [1.82, 2.24) is 5.32 Å². The van der Waals surface area contributed by atoms with Crippen LogP contribution in [0.3, 0.4) is 0 Å². The molecule has 0 aliphatic carbocycles. The summed E-state index contributed by atoms with van der Waals surface area (Å²) in [7, 11) is 0. The van der Waals surface area contributed by atoms with Crippen LogP contribution in [-0.4, -0.2) is 17.7 Å². The van der Waals surface area contributed by atoms with E-state index in [1.165, 1.54) is 16.7 Å². The molecule has 0 bridgehead atoms. The van der Waals surface area contributed by atoms with Crippen molar-refractivity contribution >= 4 is 0 Å². The monoisotopic (exact) mass is 233 g/mol. The van der Waals surface area contributed by atoms with Gasteiger partial charge in [0.05, 0.1) is 0 Å². The molecule has 0 amide bonds. The SMILES string of the molecule is Cc1cc(C)c(C(C)(O)C2CCCN2)cc1C. The zero-order valence-electron chi connectivity index (χ0n) is 11.3. The summed E-state index contributed by atoms with van der Waals surface area (Å²) in [6, 6.07) is 4.50.